The topological polar surface area (TPSA) is 72.6 Å². The van der Waals surface area contributed by atoms with Crippen LogP contribution in [0.15, 0.2) is 0 Å². The zero-order valence-electron chi connectivity index (χ0n) is 9.61. The Labute approximate surface area is 89.6 Å². The van der Waals surface area contributed by atoms with Crippen LogP contribution in [0.3, 0.4) is 0 Å². The van der Waals surface area contributed by atoms with Crippen LogP contribution in [0.2, 0.25) is 0 Å². The Kier molecular flexibility index (Phi) is 3.16. The van der Waals surface area contributed by atoms with Crippen LogP contribution in [0, 0.1) is 0 Å². The van der Waals surface area contributed by atoms with Crippen LogP contribution >= 0.6 is 0 Å². The van der Waals surface area contributed by atoms with Crippen LogP contribution in [-0.2, 0) is 14.3 Å². The Bertz CT molecular complexity index is 283. The third-order valence-electron chi connectivity index (χ3n) is 2.19. The van der Waals surface area contributed by atoms with Gasteiger partial charge in [0.1, 0.15) is 5.60 Å². The van der Waals surface area contributed by atoms with Crippen LogP contribution in [0.5, 0.6) is 0 Å². The monoisotopic (exact) mass is 214 g/mol. The molecule has 0 aromatic carbocycles. The number of ether oxygens (including phenoxy) is 1. The van der Waals surface area contributed by atoms with Gasteiger partial charge in [0, 0.05) is 6.54 Å². The zero-order valence-corrected chi connectivity index (χ0v) is 9.61. The van der Waals surface area contributed by atoms with Crippen molar-refractivity contribution in [3.63, 3.8) is 0 Å². The second kappa shape index (κ2) is 3.90. The summed E-state index contributed by atoms with van der Waals surface area (Å²) in [4.78, 5) is 24.9. The SMILES string of the molecule is CN1CC(N)C(=O)C1C(=O)OC(C)(C)C. The van der Waals surface area contributed by atoms with Crippen LogP contribution < -0.4 is 5.73 Å². The van der Waals surface area contributed by atoms with Crippen molar-refractivity contribution in [1.29, 1.82) is 0 Å². The largest absolute Gasteiger partial charge is 0.458 e. The van der Waals surface area contributed by atoms with E-state index in [2.05, 4.69) is 0 Å². The van der Waals surface area contributed by atoms with Gasteiger partial charge in [-0.15, -0.1) is 0 Å². The van der Waals surface area contributed by atoms with Crippen LogP contribution in [-0.4, -0.2) is 47.9 Å². The van der Waals surface area contributed by atoms with E-state index in [4.69, 9.17) is 10.5 Å². The number of carbonyl (C=O) groups is 2. The first kappa shape index (κ1) is 12.1. The molecule has 0 aliphatic carbocycles. The number of likely N-dealkylation sites (N-methyl/N-ethyl adjacent to an activating group) is 1. The lowest BCUT2D eigenvalue weighted by molar-refractivity contribution is -0.161. The minimum Gasteiger partial charge on any atom is -0.458 e. The van der Waals surface area contributed by atoms with E-state index in [1.54, 1.807) is 32.7 Å². The first-order valence-corrected chi connectivity index (χ1v) is 4.95. The maximum absolute atomic E-state index is 11.7. The molecule has 5 nitrogen and oxygen atoms in total. The van der Waals surface area contributed by atoms with Crippen molar-refractivity contribution in [2.45, 2.75) is 38.5 Å². The fraction of sp³-hybridized carbons (Fsp3) is 0.800. The summed E-state index contributed by atoms with van der Waals surface area (Å²) >= 11 is 0. The molecule has 0 bridgehead atoms. The molecular formula is C10H18N2O3. The molecule has 5 heteroatoms. The molecule has 0 aromatic rings. The number of ketones is 1. The average molecular weight is 214 g/mol. The highest BCUT2D eigenvalue weighted by molar-refractivity contribution is 6.07. The van der Waals surface area contributed by atoms with E-state index in [0.29, 0.717) is 6.54 Å². The molecule has 2 atom stereocenters. The lowest BCUT2D eigenvalue weighted by Gasteiger charge is -2.24. The van der Waals surface area contributed by atoms with Crippen LogP contribution in [0.4, 0.5) is 0 Å². The number of esters is 1. The lowest BCUT2D eigenvalue weighted by Crippen LogP contribution is -2.43. The van der Waals surface area contributed by atoms with Crippen molar-refractivity contribution >= 4 is 11.8 Å². The van der Waals surface area contributed by atoms with Crippen molar-refractivity contribution in [3.05, 3.63) is 0 Å². The van der Waals surface area contributed by atoms with Gasteiger partial charge in [-0.3, -0.25) is 9.69 Å². The third kappa shape index (κ3) is 2.76. The molecule has 2 N–H and O–H groups in total. The Morgan fingerprint density at radius 2 is 2.07 bits per heavy atom. The predicted molar refractivity (Wildman–Crippen MR) is 55.2 cm³/mol. The van der Waals surface area contributed by atoms with Gasteiger partial charge in [0.25, 0.3) is 0 Å². The Hall–Kier alpha value is -0.940. The number of Topliss-reactive ketones (excluding diaryl/α,β-unsaturated/α-hetero) is 1. The van der Waals surface area contributed by atoms with Gasteiger partial charge in [-0.1, -0.05) is 0 Å². The minimum absolute atomic E-state index is 0.258. The quantitative estimate of drug-likeness (QED) is 0.472. The number of hydrogen-bond donors (Lipinski definition) is 1. The van der Waals surface area contributed by atoms with Gasteiger partial charge < -0.3 is 10.5 Å². The summed E-state index contributed by atoms with van der Waals surface area (Å²) in [5.74, 6) is -0.769. The fourth-order valence-electron chi connectivity index (χ4n) is 1.58. The van der Waals surface area contributed by atoms with Crippen molar-refractivity contribution in [2.24, 2.45) is 5.73 Å². The first-order chi connectivity index (χ1) is 6.72. The Morgan fingerprint density at radius 3 is 2.40 bits per heavy atom. The van der Waals surface area contributed by atoms with Gasteiger partial charge in [0.05, 0.1) is 6.04 Å². The third-order valence-corrected chi connectivity index (χ3v) is 2.19. The van der Waals surface area contributed by atoms with Crippen molar-refractivity contribution < 1.29 is 14.3 Å². The predicted octanol–water partition coefficient (Wildman–Crippen LogP) is -0.461. The second-order valence-electron chi connectivity index (χ2n) is 4.88. The van der Waals surface area contributed by atoms with Crippen molar-refractivity contribution in [1.82, 2.24) is 4.90 Å². The van der Waals surface area contributed by atoms with Crippen molar-refractivity contribution in [3.8, 4) is 0 Å². The van der Waals surface area contributed by atoms with E-state index in [1.165, 1.54) is 0 Å². The van der Waals surface area contributed by atoms with E-state index in [9.17, 15) is 9.59 Å². The van der Waals surface area contributed by atoms with E-state index in [0.717, 1.165) is 0 Å². The van der Waals surface area contributed by atoms with Gasteiger partial charge in [-0.05, 0) is 27.8 Å². The fourth-order valence-corrected chi connectivity index (χ4v) is 1.58. The Balaban J connectivity index is 2.72. The van der Waals surface area contributed by atoms with E-state index in [1.807, 2.05) is 0 Å². The van der Waals surface area contributed by atoms with E-state index < -0.39 is 23.7 Å². The molecular weight excluding hydrogens is 196 g/mol. The summed E-state index contributed by atoms with van der Waals surface area (Å²) < 4.78 is 5.15. The molecule has 0 radical (unpaired) electrons. The number of rotatable bonds is 1. The van der Waals surface area contributed by atoms with Crippen LogP contribution in [0.1, 0.15) is 20.8 Å². The van der Waals surface area contributed by atoms with Crippen LogP contribution in [0.25, 0.3) is 0 Å². The number of nitrogens with zero attached hydrogens (tertiary/aromatic N) is 1. The summed E-state index contributed by atoms with van der Waals surface area (Å²) in [5, 5.41) is 0. The lowest BCUT2D eigenvalue weighted by atomic mass is 10.1. The molecule has 1 aliphatic heterocycles. The minimum atomic E-state index is -0.834. The van der Waals surface area contributed by atoms with E-state index >= 15 is 0 Å². The molecule has 86 valence electrons. The van der Waals surface area contributed by atoms with Gasteiger partial charge in [0.2, 0.25) is 0 Å². The molecule has 0 aromatic heterocycles. The smallest absolute Gasteiger partial charge is 0.331 e. The van der Waals surface area contributed by atoms with Crippen molar-refractivity contribution in [2.75, 3.05) is 13.6 Å². The van der Waals surface area contributed by atoms with Gasteiger partial charge in [0.15, 0.2) is 11.8 Å². The highest BCUT2D eigenvalue weighted by atomic mass is 16.6. The summed E-state index contributed by atoms with van der Waals surface area (Å²) in [6.07, 6.45) is 0. The Morgan fingerprint density at radius 1 is 1.53 bits per heavy atom. The summed E-state index contributed by atoms with van der Waals surface area (Å²) in [6, 6.07) is -1.41. The zero-order chi connectivity index (χ0) is 11.8. The average Bonchev–Trinajstić information content (AvgIpc) is 2.22. The highest BCUT2D eigenvalue weighted by Crippen LogP contribution is 2.16. The molecule has 1 aliphatic rings. The molecule has 2 unspecified atom stereocenters. The summed E-state index contributed by atoms with van der Waals surface area (Å²) in [5.41, 5.74) is 4.98. The number of hydrogen-bond acceptors (Lipinski definition) is 5. The molecule has 1 saturated heterocycles. The maximum atomic E-state index is 11.7. The van der Waals surface area contributed by atoms with Gasteiger partial charge in [-0.25, -0.2) is 4.79 Å². The maximum Gasteiger partial charge on any atom is 0.331 e. The number of carbonyl (C=O) groups excluding carboxylic acids is 2. The first-order valence-electron chi connectivity index (χ1n) is 4.95. The highest BCUT2D eigenvalue weighted by Gasteiger charge is 2.43. The molecule has 0 spiro atoms. The summed E-state index contributed by atoms with van der Waals surface area (Å²) in [7, 11) is 1.69. The standard InChI is InChI=1S/C10H18N2O3/c1-10(2,3)15-9(14)7-8(13)6(11)5-12(7)4/h6-7H,5,11H2,1-4H3. The molecule has 1 rings (SSSR count). The van der Waals surface area contributed by atoms with Gasteiger partial charge in [-0.2, -0.15) is 0 Å². The second-order valence-corrected chi connectivity index (χ2v) is 4.88. The normalized spacial score (nSPS) is 28.2. The summed E-state index contributed by atoms with van der Waals surface area (Å²) in [6.45, 7) is 5.71. The number of likely N-dealkylation sites (tertiary alicyclic amines) is 1. The van der Waals surface area contributed by atoms with E-state index in [-0.39, 0.29) is 5.78 Å². The molecule has 1 fully saturated rings. The number of nitrogens with two attached hydrogens (primary N) is 1. The molecule has 1 heterocycles. The molecule has 0 amide bonds. The molecule has 0 saturated carbocycles. The van der Waals surface area contributed by atoms with Gasteiger partial charge >= 0.3 is 5.97 Å². The molecule has 15 heavy (non-hydrogen) atoms.